The van der Waals surface area contributed by atoms with Gasteiger partial charge in [-0.2, -0.15) is 0 Å². The fourth-order valence-electron chi connectivity index (χ4n) is 55.5. The van der Waals surface area contributed by atoms with Gasteiger partial charge < -0.3 is 0 Å². The van der Waals surface area contributed by atoms with Gasteiger partial charge in [-0.3, -0.25) is 0 Å². The number of hydrogen-bond donors (Lipinski definition) is 0. The summed E-state index contributed by atoms with van der Waals surface area (Å²) in [5, 5.41) is 0. The lowest BCUT2D eigenvalue weighted by Gasteiger charge is -3.32. The molecule has 0 heterocycles. The molecule has 382 valence electrons. The third-order valence-corrected chi connectivity index (χ3v) is 46.3. The van der Waals surface area contributed by atoms with Crippen molar-refractivity contribution in [3.05, 3.63) is 0 Å². The second kappa shape index (κ2) is 7.08. The number of fused-ring (bicyclic) bond motifs is 1. The minimum absolute atomic E-state index is 0.339. The summed E-state index contributed by atoms with van der Waals surface area (Å²) in [6.07, 6.45) is 1.52. The van der Waals surface area contributed by atoms with Gasteiger partial charge in [0.15, 0.2) is 0 Å². The van der Waals surface area contributed by atoms with Crippen LogP contribution < -0.4 is 0 Å². The Labute approximate surface area is 431 Å². The molecule has 0 aromatic rings. The SMILES string of the molecule is CC(C)C12C(C)C34C(C)C56C(C)C78C(C)C9%10C(C)C%11%12C(C)C%13%14C%15C%16%17C%13%18C(C%18(C)C%14%11C(C)(C)C9%12C(C)(C)C7%10C(C)(C)C58C(C)(C)C36C(C)C14C(C)(C)[C@@H]2C)C%161C(C)(C)C23C(C)(C)C4(C)CC(C)C42C2(C)C%15%17C213. The van der Waals surface area contributed by atoms with E-state index in [1.165, 1.54) is 6.42 Å². The molecule has 19 spiro atoms. The van der Waals surface area contributed by atoms with Gasteiger partial charge in [-0.15, -0.1) is 0 Å². The lowest BCUT2D eigenvalue weighted by molar-refractivity contribution is -0.872. The van der Waals surface area contributed by atoms with E-state index < -0.39 is 0 Å². The highest BCUT2D eigenvalue weighted by Crippen LogP contribution is 3.56. The molecule has 0 radical (unpaired) electrons. The van der Waals surface area contributed by atoms with Crippen molar-refractivity contribution >= 4 is 0 Å². The molecule has 0 N–H and O–H groups in total. The Bertz CT molecular complexity index is 3340. The van der Waals surface area contributed by atoms with Crippen LogP contribution >= 0.6 is 0 Å². The molecule has 71 heavy (non-hydrogen) atoms. The summed E-state index contributed by atoms with van der Waals surface area (Å²) in [6, 6.07) is 0. The molecule has 23 aliphatic carbocycles. The molecular weight excluding hydrogens is 853 g/mol. The van der Waals surface area contributed by atoms with E-state index in [9.17, 15) is 0 Å². The minimum Gasteiger partial charge on any atom is -0.0622 e. The summed E-state index contributed by atoms with van der Waals surface area (Å²) < 4.78 is 0. The Balaban J connectivity index is 0.712. The molecule has 33 unspecified atom stereocenters. The van der Waals surface area contributed by atoms with Crippen LogP contribution in [0.3, 0.4) is 0 Å². The molecule has 23 rings (SSSR count). The molecule has 0 nitrogen and oxygen atoms in total. The van der Waals surface area contributed by atoms with Crippen molar-refractivity contribution in [2.75, 3.05) is 0 Å². The smallest absolute Gasteiger partial charge is 0.00173 e. The van der Waals surface area contributed by atoms with Gasteiger partial charge in [-0.05, 0) is 240 Å². The Morgan fingerprint density at radius 3 is 1.28 bits per heavy atom. The summed E-state index contributed by atoms with van der Waals surface area (Å²) >= 11 is 0. The van der Waals surface area contributed by atoms with Crippen molar-refractivity contribution in [2.24, 2.45) is 233 Å². The van der Waals surface area contributed by atoms with Crippen molar-refractivity contribution in [1.82, 2.24) is 0 Å². The predicted octanol–water partition coefficient (Wildman–Crippen LogP) is 16.2. The zero-order valence-electron chi connectivity index (χ0n) is 50.6. The third kappa shape index (κ3) is 1.33. The summed E-state index contributed by atoms with van der Waals surface area (Å²) in [7, 11) is 0. The molecule has 23 fully saturated rings. The maximum Gasteiger partial charge on any atom is -0.00173 e. The van der Waals surface area contributed by atoms with Gasteiger partial charge in [0.05, 0.1) is 0 Å². The van der Waals surface area contributed by atoms with Crippen LogP contribution in [0.4, 0.5) is 0 Å². The van der Waals surface area contributed by atoms with E-state index in [2.05, 4.69) is 194 Å². The fourth-order valence-corrected chi connectivity index (χ4v) is 55.5. The van der Waals surface area contributed by atoms with Crippen LogP contribution in [-0.2, 0) is 0 Å². The van der Waals surface area contributed by atoms with E-state index in [1.54, 1.807) is 0 Å². The van der Waals surface area contributed by atoms with Gasteiger partial charge in [0.25, 0.3) is 0 Å². The molecule has 0 amide bonds. The third-order valence-electron chi connectivity index (χ3n) is 46.3. The Kier molecular flexibility index (Phi) is 4.01. The zero-order chi connectivity index (χ0) is 50.6. The second-order valence-electron chi connectivity index (χ2n) is 40.3. The molecule has 0 aromatic carbocycles. The van der Waals surface area contributed by atoms with Gasteiger partial charge in [-0.25, -0.2) is 0 Å². The molecule has 0 heteroatoms. The van der Waals surface area contributed by atoms with E-state index in [0.717, 1.165) is 87.3 Å². The van der Waals surface area contributed by atoms with E-state index in [4.69, 9.17) is 0 Å². The van der Waals surface area contributed by atoms with E-state index in [0.29, 0.717) is 146 Å². The Hall–Kier alpha value is 0. The van der Waals surface area contributed by atoms with E-state index >= 15 is 0 Å². The summed E-state index contributed by atoms with van der Waals surface area (Å²) in [6.45, 7) is 82.7. The zero-order valence-corrected chi connectivity index (χ0v) is 50.6. The fraction of sp³-hybridized carbons (Fsp3) is 1.00. The first-order chi connectivity index (χ1) is 32.3. The van der Waals surface area contributed by atoms with Crippen molar-refractivity contribution in [3.8, 4) is 0 Å². The van der Waals surface area contributed by atoms with E-state index in [-0.39, 0.29) is 0 Å². The highest BCUT2D eigenvalue weighted by atomic mass is 15.6. The van der Waals surface area contributed by atoms with Crippen molar-refractivity contribution in [1.29, 1.82) is 0 Å². The average Bonchev–Trinajstić information content (AvgIpc) is 4.09. The van der Waals surface area contributed by atoms with Crippen LogP contribution in [0.5, 0.6) is 0 Å². The highest BCUT2D eigenvalue weighted by Gasteiger charge is 3.54. The predicted molar refractivity (Wildman–Crippen MR) is 278 cm³/mol. The van der Waals surface area contributed by atoms with Crippen LogP contribution in [-0.4, -0.2) is 0 Å². The topological polar surface area (TPSA) is 0 Å². The first-order valence-electron chi connectivity index (χ1n) is 32.3. The largest absolute Gasteiger partial charge is 0.0622 e. The molecule has 23 aliphatic rings. The van der Waals surface area contributed by atoms with Crippen LogP contribution in [0.15, 0.2) is 0 Å². The lowest BCUT2D eigenvalue weighted by Crippen LogP contribution is -3.30. The number of rotatable bonds is 1. The summed E-state index contributed by atoms with van der Waals surface area (Å²) in [4.78, 5) is 0. The maximum atomic E-state index is 3.13. The molecular formula is C71H98. The molecule has 0 saturated heterocycles. The maximum absolute atomic E-state index is 3.13. The quantitative estimate of drug-likeness (QED) is 0.246. The first kappa shape index (κ1) is 40.2. The minimum atomic E-state index is 0.339. The average molecular weight is 952 g/mol. The van der Waals surface area contributed by atoms with Gasteiger partial charge in [0, 0.05) is 0 Å². The standard InChI is InChI=1S/C71H98/c1-30(2)52-32(4)42(12,13)60(52)39(11)61-44(16,17)66-46(20,21)67-47(22,23)68-48(24,25)70-50(27)40-62-45(18,19)69-43(14,15)49(26)29-31(3)59(49,69)51(28)64(71(51,62)69)41-58(70,63(40,50)65(41,62)64)38(10)57(68,70)37(9)56(67,68)36(8)55(66,67)35(7)54(61,66)34(6)53(60,61)33(52)5/h30-41H,29H2,1-28H3/t31?,32-,33?,34?,35?,36?,37?,38?,39?,40?,41?,49?,50?,51?,52?,53?,54?,55?,56?,57?,58?,59?,60?,61?,62?,63?,64?,65?,66?,67?,68?,69?,70?,71?/m0/s1. The van der Waals surface area contributed by atoms with Crippen LogP contribution in [0.25, 0.3) is 0 Å². The van der Waals surface area contributed by atoms with Gasteiger partial charge >= 0.3 is 0 Å². The lowest BCUT2D eigenvalue weighted by atomic mass is 8.70. The molecule has 0 aromatic heterocycles. The van der Waals surface area contributed by atoms with Crippen LogP contribution in [0.1, 0.15) is 200 Å². The Morgan fingerprint density at radius 1 is 0.310 bits per heavy atom. The summed E-state index contributed by atoms with van der Waals surface area (Å²) in [5.74, 6) is 10.7. The Morgan fingerprint density at radius 2 is 0.761 bits per heavy atom. The molecule has 0 aliphatic heterocycles. The highest BCUT2D eigenvalue weighted by molar-refractivity contribution is 5.99. The van der Waals surface area contributed by atoms with Gasteiger partial charge in [0.2, 0.25) is 0 Å². The van der Waals surface area contributed by atoms with Crippen LogP contribution in [0, 0.1) is 233 Å². The molecule has 34 atom stereocenters. The van der Waals surface area contributed by atoms with Crippen molar-refractivity contribution < 1.29 is 0 Å². The monoisotopic (exact) mass is 951 g/mol. The van der Waals surface area contributed by atoms with Gasteiger partial charge in [0.1, 0.15) is 0 Å². The van der Waals surface area contributed by atoms with Gasteiger partial charge in [-0.1, -0.05) is 194 Å². The van der Waals surface area contributed by atoms with Crippen LogP contribution in [0.2, 0.25) is 0 Å². The molecule has 23 saturated carbocycles. The summed E-state index contributed by atoms with van der Waals surface area (Å²) in [5.41, 5.74) is 16.1. The number of hydrogen-bond acceptors (Lipinski definition) is 0. The first-order valence-corrected chi connectivity index (χ1v) is 32.3. The normalized spacial score (nSPS) is 90.3. The van der Waals surface area contributed by atoms with Crippen molar-refractivity contribution in [3.63, 3.8) is 0 Å². The van der Waals surface area contributed by atoms with Crippen molar-refractivity contribution in [2.45, 2.75) is 200 Å². The van der Waals surface area contributed by atoms with E-state index in [1.807, 2.05) is 0 Å². The molecule has 0 bridgehead atoms. The second-order valence-corrected chi connectivity index (χ2v) is 40.3.